The van der Waals surface area contributed by atoms with Gasteiger partial charge in [0, 0.05) is 28.7 Å². The maximum absolute atomic E-state index is 4.27. The molecule has 1 aliphatic heterocycles. The lowest BCUT2D eigenvalue weighted by molar-refractivity contribution is 0.670. The molecular formula is C17H16N2S2. The summed E-state index contributed by atoms with van der Waals surface area (Å²) in [6.07, 6.45) is 4.96. The number of rotatable bonds is 2. The Balaban J connectivity index is 1.73. The Morgan fingerprint density at radius 2 is 2.19 bits per heavy atom. The number of hydrogen-bond acceptors (Lipinski definition) is 4. The molecule has 2 atom stereocenters. The molecule has 0 fully saturated rings. The molecule has 1 N–H and O–H groups in total. The molecule has 4 rings (SSSR count). The molecule has 106 valence electrons. The topological polar surface area (TPSA) is 24.9 Å². The molecule has 4 heteroatoms. The molecule has 0 spiro atoms. The third-order valence-electron chi connectivity index (χ3n) is 3.92. The van der Waals surface area contributed by atoms with Crippen LogP contribution in [0.3, 0.4) is 0 Å². The van der Waals surface area contributed by atoms with E-state index in [1.807, 2.05) is 35.5 Å². The van der Waals surface area contributed by atoms with E-state index in [1.54, 1.807) is 0 Å². The fraction of sp³-hybridized carbons (Fsp3) is 0.235. The number of fused-ring (bicyclic) bond motifs is 2. The number of hydrogen-bond donors (Lipinski definition) is 1. The Morgan fingerprint density at radius 3 is 3.14 bits per heavy atom. The van der Waals surface area contributed by atoms with Crippen molar-refractivity contribution in [2.75, 3.05) is 5.32 Å². The van der Waals surface area contributed by atoms with Crippen LogP contribution in [0.4, 0.5) is 5.69 Å². The largest absolute Gasteiger partial charge is 0.378 e. The number of nitrogens with one attached hydrogen (secondary N) is 1. The Kier molecular flexibility index (Phi) is 3.36. The van der Waals surface area contributed by atoms with Gasteiger partial charge < -0.3 is 5.32 Å². The fourth-order valence-corrected chi connectivity index (χ4v) is 5.48. The number of benzene rings is 1. The van der Waals surface area contributed by atoms with Crippen LogP contribution in [0.25, 0.3) is 10.8 Å². The molecule has 2 nitrogen and oxygen atoms in total. The van der Waals surface area contributed by atoms with Crippen LogP contribution in [0, 0.1) is 0 Å². The van der Waals surface area contributed by atoms with Gasteiger partial charge in [0.25, 0.3) is 0 Å². The van der Waals surface area contributed by atoms with E-state index in [1.165, 1.54) is 26.2 Å². The maximum Gasteiger partial charge on any atom is 0.0653 e. The average Bonchev–Trinajstić information content (AvgIpc) is 2.96. The van der Waals surface area contributed by atoms with Gasteiger partial charge in [0.1, 0.15) is 0 Å². The van der Waals surface area contributed by atoms with Crippen LogP contribution in [-0.4, -0.2) is 10.2 Å². The Labute approximate surface area is 132 Å². The first-order valence-corrected chi connectivity index (χ1v) is 8.90. The minimum absolute atomic E-state index is 0.397. The lowest BCUT2D eigenvalue weighted by Crippen LogP contribution is -2.19. The summed E-state index contributed by atoms with van der Waals surface area (Å²) in [6, 6.07) is 11.1. The quantitative estimate of drug-likeness (QED) is 0.692. The van der Waals surface area contributed by atoms with Gasteiger partial charge in [-0.05, 0) is 40.9 Å². The summed E-state index contributed by atoms with van der Waals surface area (Å²) in [5, 5.41) is 9.04. The van der Waals surface area contributed by atoms with Gasteiger partial charge in [-0.3, -0.25) is 4.98 Å². The standard InChI is InChI=1S/C17H16N2S2/c1-11-9-16(13-6-8-20-17(13)21-11)19-15-4-2-3-12-5-7-18-10-14(12)15/h2-8,10-11,16,19H,9H2,1H3/t11-,16?/m0/s1. The summed E-state index contributed by atoms with van der Waals surface area (Å²) in [7, 11) is 0. The monoisotopic (exact) mass is 312 g/mol. The van der Waals surface area contributed by atoms with Gasteiger partial charge in [0.15, 0.2) is 0 Å². The number of thiophene rings is 1. The lowest BCUT2D eigenvalue weighted by atomic mass is 10.0. The normalized spacial score (nSPS) is 21.2. The van der Waals surface area contributed by atoms with Crippen molar-refractivity contribution in [3.63, 3.8) is 0 Å². The zero-order valence-corrected chi connectivity index (χ0v) is 13.4. The van der Waals surface area contributed by atoms with Crippen LogP contribution in [0.2, 0.25) is 0 Å². The number of aromatic nitrogens is 1. The van der Waals surface area contributed by atoms with Gasteiger partial charge in [-0.25, -0.2) is 0 Å². The molecule has 1 aliphatic rings. The van der Waals surface area contributed by atoms with E-state index in [9.17, 15) is 0 Å². The second kappa shape index (κ2) is 5.35. The molecule has 0 bridgehead atoms. The smallest absolute Gasteiger partial charge is 0.0653 e. The van der Waals surface area contributed by atoms with Crippen molar-refractivity contribution in [2.24, 2.45) is 0 Å². The van der Waals surface area contributed by atoms with Crippen molar-refractivity contribution in [3.05, 3.63) is 53.7 Å². The molecular weight excluding hydrogens is 296 g/mol. The molecule has 0 aliphatic carbocycles. The molecule has 0 radical (unpaired) electrons. The summed E-state index contributed by atoms with van der Waals surface area (Å²) >= 11 is 3.86. The summed E-state index contributed by atoms with van der Waals surface area (Å²) in [5.41, 5.74) is 2.63. The first-order chi connectivity index (χ1) is 10.3. The minimum atomic E-state index is 0.397. The zero-order chi connectivity index (χ0) is 14.2. The van der Waals surface area contributed by atoms with Gasteiger partial charge in [-0.1, -0.05) is 19.1 Å². The van der Waals surface area contributed by atoms with Gasteiger partial charge in [0.05, 0.1) is 10.3 Å². The van der Waals surface area contributed by atoms with E-state index in [2.05, 4.69) is 52.9 Å². The molecule has 0 saturated carbocycles. The van der Waals surface area contributed by atoms with Crippen LogP contribution < -0.4 is 5.32 Å². The summed E-state index contributed by atoms with van der Waals surface area (Å²) < 4.78 is 1.46. The highest BCUT2D eigenvalue weighted by Gasteiger charge is 2.26. The maximum atomic E-state index is 4.27. The second-order valence-electron chi connectivity index (χ2n) is 5.43. The molecule has 1 aromatic carbocycles. The Bertz CT molecular complexity index is 776. The second-order valence-corrected chi connectivity index (χ2v) is 8.05. The Hall–Kier alpha value is -1.52. The van der Waals surface area contributed by atoms with Crippen LogP contribution in [0.5, 0.6) is 0 Å². The van der Waals surface area contributed by atoms with E-state index in [0.717, 1.165) is 6.42 Å². The highest BCUT2D eigenvalue weighted by Crippen LogP contribution is 2.45. The molecule has 1 unspecified atom stereocenters. The van der Waals surface area contributed by atoms with Crippen LogP contribution in [-0.2, 0) is 0 Å². The highest BCUT2D eigenvalue weighted by molar-refractivity contribution is 8.01. The summed E-state index contributed by atoms with van der Waals surface area (Å²) in [5.74, 6) is 0. The van der Waals surface area contributed by atoms with Gasteiger partial charge in [-0.15, -0.1) is 23.1 Å². The lowest BCUT2D eigenvalue weighted by Gasteiger charge is -2.28. The van der Waals surface area contributed by atoms with Crippen LogP contribution in [0.1, 0.15) is 24.9 Å². The van der Waals surface area contributed by atoms with Crippen molar-refractivity contribution in [1.82, 2.24) is 4.98 Å². The Morgan fingerprint density at radius 1 is 1.24 bits per heavy atom. The minimum Gasteiger partial charge on any atom is -0.378 e. The fourth-order valence-electron chi connectivity index (χ4n) is 2.91. The highest BCUT2D eigenvalue weighted by atomic mass is 32.2. The predicted molar refractivity (Wildman–Crippen MR) is 92.4 cm³/mol. The van der Waals surface area contributed by atoms with Gasteiger partial charge in [0.2, 0.25) is 0 Å². The van der Waals surface area contributed by atoms with E-state index in [4.69, 9.17) is 0 Å². The van der Waals surface area contributed by atoms with E-state index in [-0.39, 0.29) is 0 Å². The van der Waals surface area contributed by atoms with Crippen molar-refractivity contribution >= 4 is 39.6 Å². The average molecular weight is 312 g/mol. The van der Waals surface area contributed by atoms with Crippen LogP contribution >= 0.6 is 23.1 Å². The van der Waals surface area contributed by atoms with Crippen molar-refractivity contribution in [3.8, 4) is 0 Å². The van der Waals surface area contributed by atoms with Gasteiger partial charge in [-0.2, -0.15) is 0 Å². The molecule has 0 saturated heterocycles. The molecule has 21 heavy (non-hydrogen) atoms. The first kappa shape index (κ1) is 13.2. The van der Waals surface area contributed by atoms with E-state index in [0.29, 0.717) is 11.3 Å². The number of anilines is 1. The molecule has 0 amide bonds. The first-order valence-electron chi connectivity index (χ1n) is 7.14. The molecule has 3 aromatic rings. The van der Waals surface area contributed by atoms with Crippen molar-refractivity contribution in [2.45, 2.75) is 28.8 Å². The predicted octanol–water partition coefficient (Wildman–Crippen LogP) is 5.33. The third-order valence-corrected chi connectivity index (χ3v) is 6.27. The van der Waals surface area contributed by atoms with Gasteiger partial charge >= 0.3 is 0 Å². The van der Waals surface area contributed by atoms with Crippen molar-refractivity contribution < 1.29 is 0 Å². The number of nitrogens with zero attached hydrogens (tertiary/aromatic N) is 1. The van der Waals surface area contributed by atoms with E-state index < -0.39 is 0 Å². The van der Waals surface area contributed by atoms with Crippen LogP contribution in [0.15, 0.2) is 52.3 Å². The van der Waals surface area contributed by atoms with Crippen molar-refractivity contribution in [1.29, 1.82) is 0 Å². The SMILES string of the molecule is C[C@H]1CC(Nc2cccc3ccncc23)c2ccsc2S1. The third kappa shape index (κ3) is 2.43. The number of thioether (sulfide) groups is 1. The van der Waals surface area contributed by atoms with E-state index >= 15 is 0 Å². The molecule has 3 heterocycles. The summed E-state index contributed by atoms with van der Waals surface area (Å²) in [6.45, 7) is 2.31. The zero-order valence-electron chi connectivity index (χ0n) is 11.7. The number of pyridine rings is 1. The molecule has 2 aromatic heterocycles. The summed E-state index contributed by atoms with van der Waals surface area (Å²) in [4.78, 5) is 4.27.